The molecule has 1 aromatic rings. The fourth-order valence-electron chi connectivity index (χ4n) is 0.671. The van der Waals surface area contributed by atoms with Crippen molar-refractivity contribution in [2.75, 3.05) is 12.0 Å². The van der Waals surface area contributed by atoms with E-state index < -0.39 is 0 Å². The maximum Gasteiger partial charge on any atom is 0.115 e. The Balaban J connectivity index is 2.69. The number of hydrogen-bond donors (Lipinski definition) is 3. The summed E-state index contributed by atoms with van der Waals surface area (Å²) in [6, 6.07) is 6.48. The first-order valence-electron chi connectivity index (χ1n) is 2.96. The van der Waals surface area contributed by atoms with Gasteiger partial charge in [0.2, 0.25) is 0 Å². The van der Waals surface area contributed by atoms with Gasteiger partial charge >= 0.3 is 0 Å². The lowest BCUT2D eigenvalue weighted by Crippen LogP contribution is -1.98. The second kappa shape index (κ2) is 3.08. The van der Waals surface area contributed by atoms with Gasteiger partial charge in [-0.25, -0.2) is 0 Å². The molecule has 0 atom stereocenters. The Labute approximate surface area is 58.9 Å². The molecule has 3 heteroatoms. The average molecular weight is 139 g/mol. The predicted octanol–water partition coefficient (Wildman–Crippen LogP) is 0.754. The third-order valence-electron chi connectivity index (χ3n) is 1.15. The monoisotopic (exact) mass is 139 g/mol. The number of phenols is 1. The summed E-state index contributed by atoms with van der Waals surface area (Å²) >= 11 is 0. The standard InChI is InChI=1S/C7H9NO2/c9-5-8-6-1-3-7(10)4-2-6/h1-4,8-10H,5H2. The maximum atomic E-state index is 8.83. The smallest absolute Gasteiger partial charge is 0.115 e. The molecule has 0 aliphatic heterocycles. The van der Waals surface area contributed by atoms with Crippen molar-refractivity contribution in [1.82, 2.24) is 0 Å². The van der Waals surface area contributed by atoms with Gasteiger partial charge in [0.15, 0.2) is 0 Å². The van der Waals surface area contributed by atoms with E-state index in [1.54, 1.807) is 24.3 Å². The Bertz CT molecular complexity index is 195. The van der Waals surface area contributed by atoms with Gasteiger partial charge in [-0.2, -0.15) is 0 Å². The molecule has 0 saturated carbocycles. The maximum absolute atomic E-state index is 8.83. The van der Waals surface area contributed by atoms with Crippen molar-refractivity contribution in [1.29, 1.82) is 0 Å². The van der Waals surface area contributed by atoms with E-state index in [9.17, 15) is 0 Å². The minimum Gasteiger partial charge on any atom is -0.508 e. The second-order valence-corrected chi connectivity index (χ2v) is 1.88. The number of rotatable bonds is 2. The highest BCUT2D eigenvalue weighted by molar-refractivity contribution is 5.45. The van der Waals surface area contributed by atoms with Crippen molar-refractivity contribution in [2.45, 2.75) is 0 Å². The van der Waals surface area contributed by atoms with Gasteiger partial charge in [0.25, 0.3) is 0 Å². The molecule has 0 aliphatic carbocycles. The summed E-state index contributed by atoms with van der Waals surface area (Å²) in [4.78, 5) is 0. The quantitative estimate of drug-likeness (QED) is 0.418. The second-order valence-electron chi connectivity index (χ2n) is 1.88. The van der Waals surface area contributed by atoms with E-state index in [4.69, 9.17) is 10.2 Å². The summed E-state index contributed by atoms with van der Waals surface area (Å²) in [7, 11) is 0. The fraction of sp³-hybridized carbons (Fsp3) is 0.143. The Morgan fingerprint density at radius 3 is 2.30 bits per heavy atom. The molecule has 0 fully saturated rings. The summed E-state index contributed by atoms with van der Waals surface area (Å²) in [5, 5.41) is 19.9. The molecule has 1 aromatic carbocycles. The predicted molar refractivity (Wildman–Crippen MR) is 38.8 cm³/mol. The lowest BCUT2D eigenvalue weighted by Gasteiger charge is -2.00. The Morgan fingerprint density at radius 2 is 1.80 bits per heavy atom. The number of aliphatic hydroxyl groups is 1. The third-order valence-corrected chi connectivity index (χ3v) is 1.15. The van der Waals surface area contributed by atoms with Crippen LogP contribution in [0.15, 0.2) is 24.3 Å². The van der Waals surface area contributed by atoms with E-state index in [2.05, 4.69) is 5.32 Å². The van der Waals surface area contributed by atoms with Crippen LogP contribution in [0.3, 0.4) is 0 Å². The number of aromatic hydroxyl groups is 1. The average Bonchev–Trinajstić information content (AvgIpc) is 1.95. The van der Waals surface area contributed by atoms with Crippen molar-refractivity contribution < 1.29 is 10.2 Å². The zero-order valence-electron chi connectivity index (χ0n) is 5.41. The van der Waals surface area contributed by atoms with E-state index in [1.807, 2.05) is 0 Å². The van der Waals surface area contributed by atoms with Crippen LogP contribution in [0.5, 0.6) is 5.75 Å². The molecular weight excluding hydrogens is 130 g/mol. The zero-order valence-corrected chi connectivity index (χ0v) is 5.41. The van der Waals surface area contributed by atoms with Crippen molar-refractivity contribution in [3.63, 3.8) is 0 Å². The molecule has 0 unspecified atom stereocenters. The molecule has 0 amide bonds. The van der Waals surface area contributed by atoms with Crippen LogP contribution in [0.2, 0.25) is 0 Å². The van der Waals surface area contributed by atoms with Crippen LogP contribution in [0.25, 0.3) is 0 Å². The van der Waals surface area contributed by atoms with E-state index in [1.165, 1.54) is 0 Å². The topological polar surface area (TPSA) is 52.5 Å². The van der Waals surface area contributed by atoms with Gasteiger partial charge in [0.1, 0.15) is 12.5 Å². The molecule has 0 radical (unpaired) electrons. The lowest BCUT2D eigenvalue weighted by atomic mass is 10.3. The minimum absolute atomic E-state index is 0.0925. The van der Waals surface area contributed by atoms with Crippen LogP contribution in [0, 0.1) is 0 Å². The zero-order chi connectivity index (χ0) is 7.40. The van der Waals surface area contributed by atoms with E-state index >= 15 is 0 Å². The van der Waals surface area contributed by atoms with Crippen molar-refractivity contribution in [2.24, 2.45) is 0 Å². The molecule has 3 nitrogen and oxygen atoms in total. The van der Waals surface area contributed by atoms with E-state index in [0.29, 0.717) is 0 Å². The number of nitrogens with one attached hydrogen (secondary N) is 1. The summed E-state index contributed by atoms with van der Waals surface area (Å²) in [6.07, 6.45) is 0. The minimum atomic E-state index is -0.0925. The normalized spacial score (nSPS) is 9.30. The molecule has 1 rings (SSSR count). The first-order chi connectivity index (χ1) is 4.83. The molecule has 0 aliphatic rings. The number of benzene rings is 1. The molecule has 0 saturated heterocycles. The molecule has 3 N–H and O–H groups in total. The SMILES string of the molecule is OCNc1ccc(O)cc1. The van der Waals surface area contributed by atoms with Crippen molar-refractivity contribution in [3.8, 4) is 5.75 Å². The molecule has 0 bridgehead atoms. The molecule has 0 heterocycles. The first-order valence-corrected chi connectivity index (χ1v) is 2.96. The van der Waals surface area contributed by atoms with Gasteiger partial charge in [-0.15, -0.1) is 0 Å². The van der Waals surface area contributed by atoms with Gasteiger partial charge < -0.3 is 15.5 Å². The molecular formula is C7H9NO2. The van der Waals surface area contributed by atoms with Crippen LogP contribution >= 0.6 is 0 Å². The molecule has 0 aromatic heterocycles. The van der Waals surface area contributed by atoms with Crippen molar-refractivity contribution in [3.05, 3.63) is 24.3 Å². The van der Waals surface area contributed by atoms with Gasteiger partial charge in [0.05, 0.1) is 0 Å². The van der Waals surface area contributed by atoms with Crippen LogP contribution in [0.4, 0.5) is 5.69 Å². The number of phenolic OH excluding ortho intramolecular Hbond substituents is 1. The lowest BCUT2D eigenvalue weighted by molar-refractivity contribution is 0.325. The van der Waals surface area contributed by atoms with E-state index in [-0.39, 0.29) is 12.5 Å². The summed E-state index contributed by atoms with van der Waals surface area (Å²) in [6.45, 7) is -0.0925. The largest absolute Gasteiger partial charge is 0.508 e. The summed E-state index contributed by atoms with van der Waals surface area (Å²) < 4.78 is 0. The highest BCUT2D eigenvalue weighted by Crippen LogP contribution is 2.12. The van der Waals surface area contributed by atoms with Gasteiger partial charge in [-0.3, -0.25) is 0 Å². The summed E-state index contributed by atoms with van der Waals surface area (Å²) in [5.74, 6) is 0.225. The fourth-order valence-corrected chi connectivity index (χ4v) is 0.671. The number of hydrogen-bond acceptors (Lipinski definition) is 3. The highest BCUT2D eigenvalue weighted by atomic mass is 16.3. The molecule has 0 spiro atoms. The number of anilines is 1. The summed E-state index contributed by atoms with van der Waals surface area (Å²) in [5.41, 5.74) is 0.792. The van der Waals surface area contributed by atoms with Gasteiger partial charge in [-0.1, -0.05) is 0 Å². The van der Waals surface area contributed by atoms with Crippen molar-refractivity contribution >= 4 is 5.69 Å². The highest BCUT2D eigenvalue weighted by Gasteiger charge is 1.88. The van der Waals surface area contributed by atoms with Crippen LogP contribution < -0.4 is 5.32 Å². The number of aliphatic hydroxyl groups excluding tert-OH is 1. The van der Waals surface area contributed by atoms with Crippen LogP contribution in [0.1, 0.15) is 0 Å². The van der Waals surface area contributed by atoms with Gasteiger partial charge in [-0.05, 0) is 24.3 Å². The Hall–Kier alpha value is -1.22. The third kappa shape index (κ3) is 1.63. The molecule has 54 valence electrons. The Kier molecular flexibility index (Phi) is 2.12. The Morgan fingerprint density at radius 1 is 1.20 bits per heavy atom. The van der Waals surface area contributed by atoms with Crippen LogP contribution in [-0.2, 0) is 0 Å². The first kappa shape index (κ1) is 6.89. The molecule has 10 heavy (non-hydrogen) atoms. The van der Waals surface area contributed by atoms with E-state index in [0.717, 1.165) is 5.69 Å². The van der Waals surface area contributed by atoms with Crippen LogP contribution in [-0.4, -0.2) is 16.9 Å². The van der Waals surface area contributed by atoms with Gasteiger partial charge in [0, 0.05) is 5.69 Å².